The number of phenolic OH excluding ortho intramolecular Hbond substituents is 1. The Kier molecular flexibility index (Phi) is 8.98. The number of aromatic hydroxyl groups is 1. The normalized spacial score (nSPS) is 17.2. The summed E-state index contributed by atoms with van der Waals surface area (Å²) in [5.74, 6) is -0.493. The van der Waals surface area contributed by atoms with Gasteiger partial charge in [-0.3, -0.25) is 9.59 Å². The van der Waals surface area contributed by atoms with E-state index >= 15 is 0 Å². The van der Waals surface area contributed by atoms with E-state index in [1.807, 2.05) is 6.92 Å². The maximum absolute atomic E-state index is 13.2. The van der Waals surface area contributed by atoms with Crippen LogP contribution in [-0.2, 0) is 14.3 Å². The second kappa shape index (κ2) is 11.9. The highest BCUT2D eigenvalue weighted by Crippen LogP contribution is 2.42. The first kappa shape index (κ1) is 27.1. The van der Waals surface area contributed by atoms with Crippen molar-refractivity contribution in [2.24, 2.45) is 5.92 Å². The number of benzene rings is 2. The SMILES string of the molecule is CCOc1cc([C@H]2/C(=C(\O)c3ccc(OCC(C)C)c(C)c3)C(=O)C(=O)N2CCCOC)ccc1O. The van der Waals surface area contributed by atoms with Crippen molar-refractivity contribution >= 4 is 17.4 Å². The van der Waals surface area contributed by atoms with Crippen molar-refractivity contribution in [3.8, 4) is 17.2 Å². The lowest BCUT2D eigenvalue weighted by Gasteiger charge is -2.26. The Morgan fingerprint density at radius 3 is 2.47 bits per heavy atom. The molecule has 1 atom stereocenters. The summed E-state index contributed by atoms with van der Waals surface area (Å²) in [5.41, 5.74) is 1.74. The van der Waals surface area contributed by atoms with Crippen LogP contribution in [0.2, 0.25) is 0 Å². The van der Waals surface area contributed by atoms with E-state index in [0.717, 1.165) is 5.56 Å². The summed E-state index contributed by atoms with van der Waals surface area (Å²) in [6.07, 6.45) is 0.511. The summed E-state index contributed by atoms with van der Waals surface area (Å²) in [4.78, 5) is 27.7. The number of carbonyl (C=O) groups excluding carboxylic acids is 2. The first-order chi connectivity index (χ1) is 17.2. The fourth-order valence-electron chi connectivity index (χ4n) is 4.18. The molecule has 1 heterocycles. The predicted molar refractivity (Wildman–Crippen MR) is 136 cm³/mol. The minimum Gasteiger partial charge on any atom is -0.507 e. The van der Waals surface area contributed by atoms with E-state index in [2.05, 4.69) is 13.8 Å². The Hall–Kier alpha value is -3.52. The second-order valence-corrected chi connectivity index (χ2v) is 9.18. The molecule has 8 heteroatoms. The van der Waals surface area contributed by atoms with Gasteiger partial charge in [-0.1, -0.05) is 19.9 Å². The van der Waals surface area contributed by atoms with Crippen molar-refractivity contribution in [2.45, 2.75) is 40.2 Å². The summed E-state index contributed by atoms with van der Waals surface area (Å²) in [6.45, 7) is 9.32. The average Bonchev–Trinajstić information content (AvgIpc) is 3.09. The molecule has 0 aliphatic carbocycles. The standard InChI is InChI=1S/C28H35NO7/c1-6-35-23-15-19(8-10-21(23)30)25-24(27(32)28(33)29(25)12-7-13-34-5)26(31)20-9-11-22(18(4)14-20)36-16-17(2)3/h8-11,14-15,17,25,30-31H,6-7,12-13,16H2,1-5H3/b26-24+/t25-/m0/s1. The van der Waals surface area contributed by atoms with Gasteiger partial charge in [-0.25, -0.2) is 0 Å². The third-order valence-electron chi connectivity index (χ3n) is 5.91. The minimum atomic E-state index is -0.848. The van der Waals surface area contributed by atoms with Crippen molar-refractivity contribution in [2.75, 3.05) is 33.5 Å². The van der Waals surface area contributed by atoms with Crippen LogP contribution in [-0.4, -0.2) is 60.3 Å². The van der Waals surface area contributed by atoms with Crippen LogP contribution >= 0.6 is 0 Å². The van der Waals surface area contributed by atoms with Crippen LogP contribution in [0.5, 0.6) is 17.2 Å². The summed E-state index contributed by atoms with van der Waals surface area (Å²) >= 11 is 0. The summed E-state index contributed by atoms with van der Waals surface area (Å²) in [5, 5.41) is 21.5. The van der Waals surface area contributed by atoms with E-state index in [9.17, 15) is 19.8 Å². The van der Waals surface area contributed by atoms with Crippen molar-refractivity contribution in [3.63, 3.8) is 0 Å². The van der Waals surface area contributed by atoms with E-state index in [-0.39, 0.29) is 29.4 Å². The number of carbonyl (C=O) groups is 2. The first-order valence-electron chi connectivity index (χ1n) is 12.2. The Labute approximate surface area is 212 Å². The highest BCUT2D eigenvalue weighted by Gasteiger charge is 2.46. The first-order valence-corrected chi connectivity index (χ1v) is 12.2. The third-order valence-corrected chi connectivity index (χ3v) is 5.91. The van der Waals surface area contributed by atoms with Crippen molar-refractivity contribution in [3.05, 3.63) is 58.7 Å². The molecule has 0 aromatic heterocycles. The second-order valence-electron chi connectivity index (χ2n) is 9.18. The van der Waals surface area contributed by atoms with E-state index < -0.39 is 17.7 Å². The number of hydrogen-bond acceptors (Lipinski definition) is 7. The zero-order chi connectivity index (χ0) is 26.4. The fraction of sp³-hybridized carbons (Fsp3) is 0.429. The summed E-state index contributed by atoms with van der Waals surface area (Å²) < 4.78 is 16.5. The number of amides is 1. The lowest BCUT2D eigenvalue weighted by molar-refractivity contribution is -0.140. The monoisotopic (exact) mass is 497 g/mol. The number of aliphatic hydroxyl groups is 1. The van der Waals surface area contributed by atoms with Crippen molar-refractivity contribution in [1.82, 2.24) is 4.90 Å². The van der Waals surface area contributed by atoms with Gasteiger partial charge in [0.1, 0.15) is 11.5 Å². The molecule has 0 unspecified atom stereocenters. The largest absolute Gasteiger partial charge is 0.507 e. The number of hydrogen-bond donors (Lipinski definition) is 2. The zero-order valence-electron chi connectivity index (χ0n) is 21.5. The van der Waals surface area contributed by atoms with Crippen LogP contribution in [0.1, 0.15) is 49.9 Å². The molecule has 2 N–H and O–H groups in total. The highest BCUT2D eigenvalue weighted by molar-refractivity contribution is 6.46. The van der Waals surface area contributed by atoms with E-state index in [0.29, 0.717) is 49.0 Å². The molecule has 0 radical (unpaired) electrons. The topological polar surface area (TPSA) is 106 Å². The van der Waals surface area contributed by atoms with Crippen LogP contribution in [0.3, 0.4) is 0 Å². The summed E-state index contributed by atoms with van der Waals surface area (Å²) in [6, 6.07) is 9.00. The maximum atomic E-state index is 13.2. The molecule has 194 valence electrons. The van der Waals surface area contributed by atoms with Gasteiger partial charge in [-0.05, 0) is 67.6 Å². The molecular weight excluding hydrogens is 462 g/mol. The lowest BCUT2D eigenvalue weighted by atomic mass is 9.94. The fourth-order valence-corrected chi connectivity index (χ4v) is 4.18. The van der Waals surface area contributed by atoms with Gasteiger partial charge in [0.2, 0.25) is 0 Å². The molecular formula is C28H35NO7. The number of ether oxygens (including phenoxy) is 3. The molecule has 1 fully saturated rings. The van der Waals surface area contributed by atoms with Crippen molar-refractivity contribution < 1.29 is 34.0 Å². The molecule has 1 saturated heterocycles. The third kappa shape index (κ3) is 5.82. The number of aryl methyl sites for hydroxylation is 1. The van der Waals surface area contributed by atoms with Crippen LogP contribution in [0.4, 0.5) is 0 Å². The highest BCUT2D eigenvalue weighted by atomic mass is 16.5. The smallest absolute Gasteiger partial charge is 0.295 e. The van der Waals surface area contributed by atoms with Crippen LogP contribution in [0.25, 0.3) is 5.76 Å². The molecule has 3 rings (SSSR count). The molecule has 0 bridgehead atoms. The zero-order valence-corrected chi connectivity index (χ0v) is 21.5. The molecule has 0 saturated carbocycles. The number of Topliss-reactive ketones (excluding diaryl/α,β-unsaturated/α-hetero) is 1. The number of methoxy groups -OCH3 is 1. The quantitative estimate of drug-likeness (QED) is 0.202. The van der Waals surface area contributed by atoms with E-state index in [4.69, 9.17) is 14.2 Å². The van der Waals surface area contributed by atoms with Gasteiger partial charge in [0.25, 0.3) is 11.7 Å². The molecule has 2 aromatic carbocycles. The molecule has 2 aromatic rings. The number of aliphatic hydroxyl groups excluding tert-OH is 1. The van der Waals surface area contributed by atoms with Gasteiger partial charge in [-0.2, -0.15) is 0 Å². The lowest BCUT2D eigenvalue weighted by Crippen LogP contribution is -2.31. The van der Waals surface area contributed by atoms with Gasteiger partial charge in [0.15, 0.2) is 11.5 Å². The Morgan fingerprint density at radius 2 is 1.83 bits per heavy atom. The number of likely N-dealkylation sites (tertiary alicyclic amines) is 1. The Morgan fingerprint density at radius 1 is 1.08 bits per heavy atom. The molecule has 8 nitrogen and oxygen atoms in total. The molecule has 1 amide bonds. The van der Waals surface area contributed by atoms with E-state index in [1.165, 1.54) is 11.0 Å². The predicted octanol–water partition coefficient (Wildman–Crippen LogP) is 4.59. The van der Waals surface area contributed by atoms with Crippen molar-refractivity contribution in [1.29, 1.82) is 0 Å². The van der Waals surface area contributed by atoms with Gasteiger partial charge < -0.3 is 29.3 Å². The number of rotatable bonds is 11. The molecule has 0 spiro atoms. The van der Waals surface area contributed by atoms with Crippen LogP contribution < -0.4 is 9.47 Å². The summed E-state index contributed by atoms with van der Waals surface area (Å²) in [7, 11) is 1.57. The Balaban J connectivity index is 2.10. The number of nitrogens with zero attached hydrogens (tertiary/aromatic N) is 1. The van der Waals surface area contributed by atoms with Gasteiger partial charge in [0, 0.05) is 25.8 Å². The minimum absolute atomic E-state index is 0.0131. The van der Waals surface area contributed by atoms with Gasteiger partial charge in [0.05, 0.1) is 24.8 Å². The molecule has 1 aliphatic heterocycles. The molecule has 1 aliphatic rings. The Bertz CT molecular complexity index is 1140. The number of ketones is 1. The van der Waals surface area contributed by atoms with E-state index in [1.54, 1.807) is 44.4 Å². The maximum Gasteiger partial charge on any atom is 0.295 e. The van der Waals surface area contributed by atoms with Gasteiger partial charge in [-0.15, -0.1) is 0 Å². The van der Waals surface area contributed by atoms with Gasteiger partial charge >= 0.3 is 0 Å². The average molecular weight is 498 g/mol. The molecule has 36 heavy (non-hydrogen) atoms. The number of phenols is 1. The van der Waals surface area contributed by atoms with Crippen LogP contribution in [0, 0.1) is 12.8 Å². The van der Waals surface area contributed by atoms with Crippen LogP contribution in [0.15, 0.2) is 42.0 Å².